The number of carbonyl (C=O) groups excluding carboxylic acids is 1. The summed E-state index contributed by atoms with van der Waals surface area (Å²) in [7, 11) is 1.74. The van der Waals surface area contributed by atoms with Gasteiger partial charge in [-0.3, -0.25) is 4.99 Å². The largest absolute Gasteiger partial charge is 0.444 e. The Bertz CT molecular complexity index is 509. The first-order valence-electron chi connectivity index (χ1n) is 8.64. The molecule has 9 nitrogen and oxygen atoms in total. The molecule has 0 radical (unpaired) electrons. The van der Waals surface area contributed by atoms with E-state index in [0.717, 1.165) is 44.9 Å². The number of unbranched alkanes of at least 4 members (excludes halogenated alkanes) is 1. The molecule has 0 fully saturated rings. The molecule has 0 aliphatic rings. The van der Waals surface area contributed by atoms with E-state index in [0.29, 0.717) is 6.54 Å². The van der Waals surface area contributed by atoms with Crippen molar-refractivity contribution in [2.75, 3.05) is 26.7 Å². The minimum Gasteiger partial charge on any atom is -0.444 e. The maximum absolute atomic E-state index is 11.5. The van der Waals surface area contributed by atoms with Gasteiger partial charge >= 0.3 is 6.09 Å². The second kappa shape index (κ2) is 11.3. The first kappa shape index (κ1) is 20.7. The Balaban J connectivity index is 2.01. The molecule has 9 heteroatoms. The molecule has 3 N–H and O–H groups in total. The summed E-state index contributed by atoms with van der Waals surface area (Å²) in [6.07, 6.45) is 5.91. The third-order valence-corrected chi connectivity index (χ3v) is 3.14. The molecule has 0 aliphatic heterocycles. The van der Waals surface area contributed by atoms with Crippen LogP contribution in [0.15, 0.2) is 17.6 Å². The topological polar surface area (TPSA) is 105 Å². The van der Waals surface area contributed by atoms with E-state index in [2.05, 4.69) is 31.1 Å². The summed E-state index contributed by atoms with van der Waals surface area (Å²) in [6.45, 7) is 8.56. The van der Waals surface area contributed by atoms with Crippen molar-refractivity contribution in [1.82, 2.24) is 30.7 Å². The van der Waals surface area contributed by atoms with Crippen LogP contribution in [0.5, 0.6) is 0 Å². The van der Waals surface area contributed by atoms with E-state index >= 15 is 0 Å². The molecule has 0 aliphatic carbocycles. The predicted octanol–water partition coefficient (Wildman–Crippen LogP) is 1.14. The molecule has 1 heterocycles. The number of nitrogens with one attached hydrogen (secondary N) is 3. The number of carbonyl (C=O) groups is 1. The fourth-order valence-electron chi connectivity index (χ4n) is 1.98. The van der Waals surface area contributed by atoms with Gasteiger partial charge in [-0.15, -0.1) is 10.2 Å². The van der Waals surface area contributed by atoms with Gasteiger partial charge in [-0.1, -0.05) is 0 Å². The van der Waals surface area contributed by atoms with E-state index in [1.54, 1.807) is 19.7 Å². The van der Waals surface area contributed by atoms with Crippen molar-refractivity contribution in [2.24, 2.45) is 4.99 Å². The van der Waals surface area contributed by atoms with Gasteiger partial charge < -0.3 is 25.3 Å². The number of guanidine groups is 1. The van der Waals surface area contributed by atoms with Gasteiger partial charge in [-0.25, -0.2) is 4.79 Å². The summed E-state index contributed by atoms with van der Waals surface area (Å²) < 4.78 is 7.14. The zero-order chi connectivity index (χ0) is 18.5. The number of hydrogen-bond acceptors (Lipinski definition) is 5. The molecule has 0 atom stereocenters. The maximum Gasteiger partial charge on any atom is 0.407 e. The molecule has 0 aromatic carbocycles. The van der Waals surface area contributed by atoms with Crippen molar-refractivity contribution in [1.29, 1.82) is 0 Å². The lowest BCUT2D eigenvalue weighted by atomic mass is 10.2. The molecule has 142 valence electrons. The predicted molar refractivity (Wildman–Crippen MR) is 97.5 cm³/mol. The van der Waals surface area contributed by atoms with E-state index in [9.17, 15) is 4.79 Å². The molecule has 1 amide bonds. The maximum atomic E-state index is 11.5. The van der Waals surface area contributed by atoms with Gasteiger partial charge in [-0.2, -0.15) is 0 Å². The summed E-state index contributed by atoms with van der Waals surface area (Å²) in [4.78, 5) is 15.7. The summed E-state index contributed by atoms with van der Waals surface area (Å²) in [6, 6.07) is 0. The lowest BCUT2D eigenvalue weighted by Gasteiger charge is -2.19. The Morgan fingerprint density at radius 1 is 1.04 bits per heavy atom. The lowest BCUT2D eigenvalue weighted by Crippen LogP contribution is -2.39. The van der Waals surface area contributed by atoms with Crippen LogP contribution in [0.25, 0.3) is 0 Å². The first-order chi connectivity index (χ1) is 11.9. The minimum absolute atomic E-state index is 0.386. The summed E-state index contributed by atoms with van der Waals surface area (Å²) in [5.74, 6) is 0.765. The van der Waals surface area contributed by atoms with Gasteiger partial charge in [-0.05, 0) is 40.0 Å². The second-order valence-corrected chi connectivity index (χ2v) is 6.61. The van der Waals surface area contributed by atoms with E-state index in [-0.39, 0.29) is 6.09 Å². The van der Waals surface area contributed by atoms with Crippen LogP contribution in [-0.2, 0) is 11.3 Å². The lowest BCUT2D eigenvalue weighted by molar-refractivity contribution is 0.0527. The van der Waals surface area contributed by atoms with E-state index < -0.39 is 5.60 Å². The highest BCUT2D eigenvalue weighted by atomic mass is 16.6. The zero-order valence-electron chi connectivity index (χ0n) is 15.7. The zero-order valence-corrected chi connectivity index (χ0v) is 15.7. The van der Waals surface area contributed by atoms with Crippen molar-refractivity contribution in [3.8, 4) is 0 Å². The molecule has 1 aromatic heterocycles. The van der Waals surface area contributed by atoms with Crippen LogP contribution in [-0.4, -0.2) is 59.1 Å². The molecule has 0 bridgehead atoms. The molecule has 1 rings (SSSR count). The Kier molecular flexibility index (Phi) is 9.34. The molecule has 25 heavy (non-hydrogen) atoms. The number of hydrogen-bond donors (Lipinski definition) is 3. The molecular weight excluding hydrogens is 322 g/mol. The highest BCUT2D eigenvalue weighted by molar-refractivity contribution is 5.79. The Labute approximate surface area is 149 Å². The Morgan fingerprint density at radius 2 is 1.64 bits per heavy atom. The smallest absolute Gasteiger partial charge is 0.407 e. The van der Waals surface area contributed by atoms with Gasteiger partial charge in [0.2, 0.25) is 0 Å². The average Bonchev–Trinajstić information content (AvgIpc) is 3.04. The number of aromatic nitrogens is 3. The average molecular weight is 353 g/mol. The minimum atomic E-state index is -0.470. The van der Waals surface area contributed by atoms with Gasteiger partial charge in [0, 0.05) is 33.2 Å². The van der Waals surface area contributed by atoms with Crippen LogP contribution in [0.4, 0.5) is 4.79 Å². The van der Waals surface area contributed by atoms with Gasteiger partial charge in [0.25, 0.3) is 0 Å². The number of aryl methyl sites for hydroxylation is 1. The fraction of sp³-hybridized carbons (Fsp3) is 0.750. The van der Waals surface area contributed by atoms with Crippen molar-refractivity contribution >= 4 is 12.1 Å². The van der Waals surface area contributed by atoms with Crippen LogP contribution < -0.4 is 16.0 Å². The van der Waals surface area contributed by atoms with Gasteiger partial charge in [0.05, 0.1) is 0 Å². The standard InChI is InChI=1S/C16H31N7O2/c1-16(2,3)25-15(24)20-10-7-9-19-14(17-4)18-8-5-6-11-23-12-21-22-13-23/h12-13H,5-11H2,1-4H3,(H,20,24)(H2,17,18,19). The van der Waals surface area contributed by atoms with Crippen molar-refractivity contribution < 1.29 is 9.53 Å². The SMILES string of the molecule is CN=C(NCCCCn1cnnc1)NCCCNC(=O)OC(C)(C)C. The van der Waals surface area contributed by atoms with E-state index in [4.69, 9.17) is 4.74 Å². The number of alkyl carbamates (subject to hydrolysis) is 1. The number of rotatable bonds is 9. The summed E-state index contributed by atoms with van der Waals surface area (Å²) in [5.41, 5.74) is -0.470. The van der Waals surface area contributed by atoms with Gasteiger partial charge in [0.1, 0.15) is 18.3 Å². The normalized spacial score (nSPS) is 11.9. The second-order valence-electron chi connectivity index (χ2n) is 6.61. The third-order valence-electron chi connectivity index (χ3n) is 3.14. The number of aliphatic imine (C=N–C) groups is 1. The van der Waals surface area contributed by atoms with Crippen LogP contribution in [0.3, 0.4) is 0 Å². The quantitative estimate of drug-likeness (QED) is 0.349. The first-order valence-corrected chi connectivity index (χ1v) is 8.64. The fourth-order valence-corrected chi connectivity index (χ4v) is 1.98. The highest BCUT2D eigenvalue weighted by Gasteiger charge is 2.15. The molecule has 0 unspecified atom stereocenters. The summed E-state index contributed by atoms with van der Waals surface area (Å²) in [5, 5.41) is 16.8. The van der Waals surface area contributed by atoms with Crippen molar-refractivity contribution in [3.05, 3.63) is 12.7 Å². The van der Waals surface area contributed by atoms with Crippen molar-refractivity contribution in [2.45, 2.75) is 52.2 Å². The molecular formula is C16H31N7O2. The van der Waals surface area contributed by atoms with E-state index in [1.807, 2.05) is 25.3 Å². The monoisotopic (exact) mass is 353 g/mol. The molecule has 0 saturated carbocycles. The molecule has 1 aromatic rings. The Hall–Kier alpha value is -2.32. The number of ether oxygens (including phenoxy) is 1. The Morgan fingerprint density at radius 3 is 2.24 bits per heavy atom. The van der Waals surface area contributed by atoms with Crippen LogP contribution in [0.2, 0.25) is 0 Å². The van der Waals surface area contributed by atoms with Crippen LogP contribution in [0, 0.1) is 0 Å². The molecule has 0 saturated heterocycles. The number of nitrogens with zero attached hydrogens (tertiary/aromatic N) is 4. The van der Waals surface area contributed by atoms with Crippen molar-refractivity contribution in [3.63, 3.8) is 0 Å². The summed E-state index contributed by atoms with van der Waals surface area (Å²) >= 11 is 0. The van der Waals surface area contributed by atoms with Crippen LogP contribution >= 0.6 is 0 Å². The van der Waals surface area contributed by atoms with Gasteiger partial charge in [0.15, 0.2) is 5.96 Å². The van der Waals surface area contributed by atoms with Crippen LogP contribution in [0.1, 0.15) is 40.0 Å². The molecule has 0 spiro atoms. The third kappa shape index (κ3) is 11.0. The number of amides is 1. The highest BCUT2D eigenvalue weighted by Crippen LogP contribution is 2.06. The van der Waals surface area contributed by atoms with E-state index in [1.165, 1.54) is 0 Å².